The molecular weight excluding hydrogens is 209 g/mol. The van der Waals surface area contributed by atoms with Crippen LogP contribution in [0.2, 0.25) is 0 Å². The molecule has 0 fully saturated rings. The summed E-state index contributed by atoms with van der Waals surface area (Å²) in [6.07, 6.45) is -4.55. The van der Waals surface area contributed by atoms with Gasteiger partial charge in [0.1, 0.15) is 5.75 Å². The zero-order valence-electron chi connectivity index (χ0n) is 8.14. The van der Waals surface area contributed by atoms with Crippen molar-refractivity contribution >= 4 is 0 Å². The molecule has 1 rings (SSSR count). The number of hydrogen-bond donors (Lipinski definition) is 1. The van der Waals surface area contributed by atoms with Crippen LogP contribution in [0, 0.1) is 6.92 Å². The highest BCUT2D eigenvalue weighted by Crippen LogP contribution is 2.27. The average molecular weight is 220 g/mol. The van der Waals surface area contributed by atoms with E-state index in [1.165, 1.54) is 12.1 Å². The lowest BCUT2D eigenvalue weighted by atomic mass is 10.1. The minimum absolute atomic E-state index is 0.146. The Morgan fingerprint density at radius 1 is 1.33 bits per heavy atom. The lowest BCUT2D eigenvalue weighted by Crippen LogP contribution is -2.18. The molecule has 0 aromatic heterocycles. The Kier molecular flexibility index (Phi) is 3.57. The third-order valence-corrected chi connectivity index (χ3v) is 1.82. The second kappa shape index (κ2) is 4.53. The first kappa shape index (κ1) is 11.8. The van der Waals surface area contributed by atoms with Crippen LogP contribution in [0.15, 0.2) is 18.2 Å². The fraction of sp³-hybridized carbons (Fsp3) is 0.400. The zero-order chi connectivity index (χ0) is 11.5. The van der Waals surface area contributed by atoms with Crippen LogP contribution in [0.1, 0.15) is 11.1 Å². The van der Waals surface area contributed by atoms with E-state index in [1.54, 1.807) is 13.0 Å². The molecule has 0 radical (unpaired) electrons. The molecule has 1 N–H and O–H groups in total. The number of hydrogen-bond acceptors (Lipinski definition) is 2. The summed E-state index contributed by atoms with van der Waals surface area (Å²) in [5, 5.41) is 8.70. The van der Waals surface area contributed by atoms with Gasteiger partial charge in [0, 0.05) is 6.61 Å². The van der Waals surface area contributed by atoms with Crippen molar-refractivity contribution in [3.8, 4) is 5.75 Å². The number of aliphatic hydroxyl groups excluding tert-OH is 1. The van der Waals surface area contributed by atoms with Gasteiger partial charge in [0.05, 0.1) is 0 Å². The van der Waals surface area contributed by atoms with Gasteiger partial charge in [-0.1, -0.05) is 17.7 Å². The molecule has 0 heterocycles. The molecule has 5 heteroatoms. The van der Waals surface area contributed by atoms with Gasteiger partial charge in [0.2, 0.25) is 0 Å². The van der Waals surface area contributed by atoms with Gasteiger partial charge in [-0.15, -0.1) is 13.2 Å². The number of benzene rings is 1. The first-order valence-corrected chi connectivity index (χ1v) is 4.38. The molecule has 0 amide bonds. The molecule has 0 spiro atoms. The molecule has 0 bridgehead atoms. The number of rotatable bonds is 3. The lowest BCUT2D eigenvalue weighted by molar-refractivity contribution is -0.274. The van der Waals surface area contributed by atoms with E-state index < -0.39 is 6.36 Å². The van der Waals surface area contributed by atoms with Crippen molar-refractivity contribution in [2.24, 2.45) is 0 Å². The van der Waals surface area contributed by atoms with Crippen LogP contribution in [0.25, 0.3) is 0 Å². The van der Waals surface area contributed by atoms with Crippen molar-refractivity contribution in [2.75, 3.05) is 6.61 Å². The van der Waals surface area contributed by atoms with Gasteiger partial charge in [-0.25, -0.2) is 0 Å². The molecule has 2 nitrogen and oxygen atoms in total. The smallest absolute Gasteiger partial charge is 0.406 e. The van der Waals surface area contributed by atoms with Gasteiger partial charge in [0.25, 0.3) is 0 Å². The van der Waals surface area contributed by atoms with Crippen LogP contribution >= 0.6 is 0 Å². The summed E-state index contributed by atoms with van der Waals surface area (Å²) in [7, 11) is 0. The molecular formula is C10H11F3O2. The van der Waals surface area contributed by atoms with Crippen LogP contribution < -0.4 is 4.74 Å². The number of ether oxygens (including phenoxy) is 1. The number of aliphatic hydroxyl groups is 1. The Balaban J connectivity index is 2.95. The molecule has 0 aliphatic heterocycles. The molecule has 0 atom stereocenters. The maximum atomic E-state index is 12.0. The Hall–Kier alpha value is -1.23. The van der Waals surface area contributed by atoms with Gasteiger partial charge < -0.3 is 9.84 Å². The predicted molar refractivity (Wildman–Crippen MR) is 48.7 cm³/mol. The predicted octanol–water partition coefficient (Wildman–Crippen LogP) is 2.43. The van der Waals surface area contributed by atoms with Gasteiger partial charge in [0.15, 0.2) is 0 Å². The summed E-state index contributed by atoms with van der Waals surface area (Å²) in [4.78, 5) is 0. The highest BCUT2D eigenvalue weighted by atomic mass is 19.4. The van der Waals surface area contributed by atoms with Crippen molar-refractivity contribution < 1.29 is 23.0 Å². The standard InChI is InChI=1S/C10H11F3O2/c1-7-2-3-9(15-10(11,12)13)8(6-7)4-5-14/h2-3,6,14H,4-5H2,1H3. The van der Waals surface area contributed by atoms with E-state index in [0.29, 0.717) is 5.56 Å². The first-order chi connectivity index (χ1) is 6.92. The summed E-state index contributed by atoms with van der Waals surface area (Å²) in [5.74, 6) is -0.248. The SMILES string of the molecule is Cc1ccc(OC(F)(F)F)c(CCO)c1. The van der Waals surface area contributed by atoms with E-state index in [9.17, 15) is 13.2 Å². The Bertz CT molecular complexity index is 334. The van der Waals surface area contributed by atoms with Gasteiger partial charge in [-0.2, -0.15) is 0 Å². The first-order valence-electron chi connectivity index (χ1n) is 4.38. The fourth-order valence-electron chi connectivity index (χ4n) is 1.25. The lowest BCUT2D eigenvalue weighted by Gasteiger charge is -2.13. The Morgan fingerprint density at radius 3 is 2.53 bits per heavy atom. The van der Waals surface area contributed by atoms with Gasteiger partial charge in [-0.3, -0.25) is 0 Å². The molecule has 0 saturated heterocycles. The molecule has 15 heavy (non-hydrogen) atoms. The van der Waals surface area contributed by atoms with Crippen molar-refractivity contribution in [3.63, 3.8) is 0 Å². The second-order valence-electron chi connectivity index (χ2n) is 3.13. The fourth-order valence-corrected chi connectivity index (χ4v) is 1.25. The van der Waals surface area contributed by atoms with E-state index in [1.807, 2.05) is 0 Å². The summed E-state index contributed by atoms with van der Waals surface area (Å²) in [6.45, 7) is 1.55. The molecule has 0 unspecified atom stereocenters. The quantitative estimate of drug-likeness (QED) is 0.847. The molecule has 84 valence electrons. The average Bonchev–Trinajstić information content (AvgIpc) is 2.08. The summed E-state index contributed by atoms with van der Waals surface area (Å²) >= 11 is 0. The van der Waals surface area contributed by atoms with E-state index in [-0.39, 0.29) is 18.8 Å². The topological polar surface area (TPSA) is 29.5 Å². The zero-order valence-corrected chi connectivity index (χ0v) is 8.14. The molecule has 0 aliphatic carbocycles. The minimum Gasteiger partial charge on any atom is -0.406 e. The molecule has 0 saturated carbocycles. The van der Waals surface area contributed by atoms with Crippen molar-refractivity contribution in [1.29, 1.82) is 0 Å². The van der Waals surface area contributed by atoms with E-state index >= 15 is 0 Å². The van der Waals surface area contributed by atoms with Crippen LogP contribution in [0.5, 0.6) is 5.75 Å². The Morgan fingerprint density at radius 2 is 2.00 bits per heavy atom. The highest BCUT2D eigenvalue weighted by Gasteiger charge is 2.31. The van der Waals surface area contributed by atoms with Crippen LogP contribution in [-0.2, 0) is 6.42 Å². The number of aryl methyl sites for hydroxylation is 1. The van der Waals surface area contributed by atoms with Crippen molar-refractivity contribution in [1.82, 2.24) is 0 Å². The minimum atomic E-state index is -4.69. The summed E-state index contributed by atoms with van der Waals surface area (Å²) < 4.78 is 39.8. The highest BCUT2D eigenvalue weighted by molar-refractivity contribution is 5.37. The molecule has 0 aliphatic rings. The van der Waals surface area contributed by atoms with Crippen LogP contribution in [-0.4, -0.2) is 18.1 Å². The van der Waals surface area contributed by atoms with Crippen LogP contribution in [0.3, 0.4) is 0 Å². The normalized spacial score (nSPS) is 11.5. The molecule has 1 aromatic rings. The Labute approximate surface area is 85.3 Å². The third-order valence-electron chi connectivity index (χ3n) is 1.82. The van der Waals surface area contributed by atoms with Crippen LogP contribution in [0.4, 0.5) is 13.2 Å². The van der Waals surface area contributed by atoms with E-state index in [4.69, 9.17) is 5.11 Å². The van der Waals surface area contributed by atoms with E-state index in [2.05, 4.69) is 4.74 Å². The monoisotopic (exact) mass is 220 g/mol. The summed E-state index contributed by atoms with van der Waals surface area (Å²) in [6, 6.07) is 4.35. The van der Waals surface area contributed by atoms with Gasteiger partial charge >= 0.3 is 6.36 Å². The van der Waals surface area contributed by atoms with E-state index in [0.717, 1.165) is 5.56 Å². The van der Waals surface area contributed by atoms with Crippen molar-refractivity contribution in [3.05, 3.63) is 29.3 Å². The van der Waals surface area contributed by atoms with Crippen molar-refractivity contribution in [2.45, 2.75) is 19.7 Å². The number of alkyl halides is 3. The maximum Gasteiger partial charge on any atom is 0.573 e. The maximum absolute atomic E-state index is 12.0. The van der Waals surface area contributed by atoms with Gasteiger partial charge in [-0.05, 0) is 25.0 Å². The number of halogens is 3. The largest absolute Gasteiger partial charge is 0.573 e. The summed E-state index contributed by atoms with van der Waals surface area (Å²) in [5.41, 5.74) is 1.18. The molecule has 1 aromatic carbocycles. The second-order valence-corrected chi connectivity index (χ2v) is 3.13. The third kappa shape index (κ3) is 3.79.